The van der Waals surface area contributed by atoms with Crippen LogP contribution < -0.4 is 0 Å². The molecule has 3 rings (SSSR count). The van der Waals surface area contributed by atoms with E-state index in [1.807, 2.05) is 6.07 Å². The highest BCUT2D eigenvalue weighted by atomic mass is 35.5. The fraction of sp³-hybridized carbons (Fsp3) is 0.571. The molecule has 0 saturated carbocycles. The Morgan fingerprint density at radius 2 is 1.94 bits per heavy atom. The first-order valence-corrected chi connectivity index (χ1v) is 6.80. The molecule has 0 amide bonds. The lowest BCUT2D eigenvalue weighted by Crippen LogP contribution is -2.42. The molecule has 2 fully saturated rings. The van der Waals surface area contributed by atoms with Gasteiger partial charge in [-0.2, -0.15) is 0 Å². The number of alkyl halides is 1. The Kier molecular flexibility index (Phi) is 3.10. The van der Waals surface area contributed by atoms with Gasteiger partial charge in [0.05, 0.1) is 0 Å². The summed E-state index contributed by atoms with van der Waals surface area (Å²) in [7, 11) is 0. The minimum absolute atomic E-state index is 0.137. The molecule has 17 heavy (non-hydrogen) atoms. The summed E-state index contributed by atoms with van der Waals surface area (Å²) >= 11 is 6.25. The highest BCUT2D eigenvalue weighted by Gasteiger charge is 2.39. The Morgan fingerprint density at radius 1 is 1.24 bits per heavy atom. The zero-order chi connectivity index (χ0) is 11.8. The third-order valence-electron chi connectivity index (χ3n) is 4.08. The molecule has 2 bridgehead atoms. The highest BCUT2D eigenvalue weighted by molar-refractivity contribution is 6.20. The van der Waals surface area contributed by atoms with Crippen LogP contribution >= 0.6 is 11.6 Å². The van der Waals surface area contributed by atoms with E-state index in [-0.39, 0.29) is 5.82 Å². The van der Waals surface area contributed by atoms with Crippen LogP contribution in [0, 0.1) is 5.82 Å². The van der Waals surface area contributed by atoms with Crippen molar-refractivity contribution in [1.82, 2.24) is 4.90 Å². The van der Waals surface area contributed by atoms with E-state index in [2.05, 4.69) is 4.90 Å². The average molecular weight is 254 g/mol. The van der Waals surface area contributed by atoms with E-state index in [1.54, 1.807) is 12.1 Å². The maximum Gasteiger partial charge on any atom is 0.123 e. The van der Waals surface area contributed by atoms with Gasteiger partial charge in [-0.1, -0.05) is 12.1 Å². The van der Waals surface area contributed by atoms with Crippen molar-refractivity contribution in [2.45, 2.75) is 49.7 Å². The summed E-state index contributed by atoms with van der Waals surface area (Å²) in [4.78, 5) is 2.52. The summed E-state index contributed by atoms with van der Waals surface area (Å²) in [5.74, 6) is -0.137. The summed E-state index contributed by atoms with van der Waals surface area (Å²) < 4.78 is 13.2. The molecule has 3 heteroatoms. The smallest absolute Gasteiger partial charge is 0.123 e. The van der Waals surface area contributed by atoms with Crippen molar-refractivity contribution in [3.8, 4) is 0 Å². The zero-order valence-electron chi connectivity index (χ0n) is 9.78. The third kappa shape index (κ3) is 2.34. The van der Waals surface area contributed by atoms with E-state index in [0.717, 1.165) is 24.9 Å². The first kappa shape index (κ1) is 11.5. The SMILES string of the molecule is Fc1cccc(CN2C3CCC2CC(Cl)C3)c1. The molecule has 2 heterocycles. The summed E-state index contributed by atoms with van der Waals surface area (Å²) in [5.41, 5.74) is 1.08. The van der Waals surface area contributed by atoms with Gasteiger partial charge in [0.15, 0.2) is 0 Å². The van der Waals surface area contributed by atoms with Crippen LogP contribution in [0.3, 0.4) is 0 Å². The lowest BCUT2D eigenvalue weighted by molar-refractivity contribution is 0.134. The first-order chi connectivity index (χ1) is 8.22. The highest BCUT2D eigenvalue weighted by Crippen LogP contribution is 2.38. The maximum atomic E-state index is 13.2. The van der Waals surface area contributed by atoms with E-state index in [9.17, 15) is 4.39 Å². The number of hydrogen-bond acceptors (Lipinski definition) is 1. The van der Waals surface area contributed by atoms with Crippen LogP contribution in [0.25, 0.3) is 0 Å². The van der Waals surface area contributed by atoms with Crippen molar-refractivity contribution in [2.75, 3.05) is 0 Å². The summed E-state index contributed by atoms with van der Waals surface area (Å²) in [5, 5.41) is 0.344. The predicted octanol–water partition coefficient (Wildman–Crippen LogP) is 3.56. The van der Waals surface area contributed by atoms with E-state index in [0.29, 0.717) is 17.5 Å². The number of halogens is 2. The lowest BCUT2D eigenvalue weighted by atomic mass is 10.0. The molecule has 0 aliphatic carbocycles. The summed E-state index contributed by atoms with van der Waals surface area (Å²) in [6.07, 6.45) is 4.69. The monoisotopic (exact) mass is 253 g/mol. The van der Waals surface area contributed by atoms with E-state index < -0.39 is 0 Å². The van der Waals surface area contributed by atoms with Gasteiger partial charge in [-0.3, -0.25) is 4.90 Å². The van der Waals surface area contributed by atoms with Gasteiger partial charge in [0, 0.05) is 24.0 Å². The van der Waals surface area contributed by atoms with Crippen molar-refractivity contribution < 1.29 is 4.39 Å². The fourth-order valence-electron chi connectivity index (χ4n) is 3.31. The van der Waals surface area contributed by atoms with Gasteiger partial charge in [-0.25, -0.2) is 4.39 Å². The number of fused-ring (bicyclic) bond motifs is 2. The Morgan fingerprint density at radius 3 is 2.59 bits per heavy atom. The molecule has 2 aliphatic heterocycles. The Hall–Kier alpha value is -0.600. The van der Waals surface area contributed by atoms with E-state index in [4.69, 9.17) is 11.6 Å². The molecular weight excluding hydrogens is 237 g/mol. The molecule has 0 N–H and O–H groups in total. The molecule has 0 aromatic heterocycles. The van der Waals surface area contributed by atoms with E-state index in [1.165, 1.54) is 18.9 Å². The zero-order valence-corrected chi connectivity index (χ0v) is 10.5. The van der Waals surface area contributed by atoms with Gasteiger partial charge >= 0.3 is 0 Å². The third-order valence-corrected chi connectivity index (χ3v) is 4.44. The van der Waals surface area contributed by atoms with Gasteiger partial charge in [-0.15, -0.1) is 11.6 Å². The molecule has 2 aliphatic rings. The molecule has 2 saturated heterocycles. The van der Waals surface area contributed by atoms with Crippen molar-refractivity contribution in [3.05, 3.63) is 35.6 Å². The minimum Gasteiger partial charge on any atom is -0.293 e. The number of nitrogens with zero attached hydrogens (tertiary/aromatic N) is 1. The fourth-order valence-corrected chi connectivity index (χ4v) is 3.72. The van der Waals surface area contributed by atoms with Crippen LogP contribution in [-0.2, 0) is 6.54 Å². The van der Waals surface area contributed by atoms with Crippen LogP contribution in [0.1, 0.15) is 31.2 Å². The molecular formula is C14H17ClFN. The Labute approximate surface area is 107 Å². The van der Waals surface area contributed by atoms with Crippen LogP contribution in [0.5, 0.6) is 0 Å². The average Bonchev–Trinajstić information content (AvgIpc) is 2.54. The lowest BCUT2D eigenvalue weighted by Gasteiger charge is -2.37. The molecule has 1 nitrogen and oxygen atoms in total. The van der Waals surface area contributed by atoms with E-state index >= 15 is 0 Å². The topological polar surface area (TPSA) is 3.24 Å². The number of benzene rings is 1. The predicted molar refractivity (Wildman–Crippen MR) is 67.6 cm³/mol. The second-order valence-corrected chi connectivity index (χ2v) is 5.87. The van der Waals surface area contributed by atoms with Crippen molar-refractivity contribution in [2.24, 2.45) is 0 Å². The van der Waals surface area contributed by atoms with Gasteiger partial charge in [0.1, 0.15) is 5.82 Å². The first-order valence-electron chi connectivity index (χ1n) is 6.36. The molecule has 0 radical (unpaired) electrons. The largest absolute Gasteiger partial charge is 0.293 e. The van der Waals surface area contributed by atoms with Gasteiger partial charge in [0.25, 0.3) is 0 Å². The molecule has 92 valence electrons. The van der Waals surface area contributed by atoms with Gasteiger partial charge in [0.2, 0.25) is 0 Å². The van der Waals surface area contributed by atoms with Crippen molar-refractivity contribution >= 4 is 11.6 Å². The molecule has 1 aromatic rings. The van der Waals surface area contributed by atoms with Crippen LogP contribution in [0.4, 0.5) is 4.39 Å². The van der Waals surface area contributed by atoms with Crippen molar-refractivity contribution in [1.29, 1.82) is 0 Å². The maximum absolute atomic E-state index is 13.2. The number of rotatable bonds is 2. The molecule has 2 atom stereocenters. The molecule has 0 spiro atoms. The summed E-state index contributed by atoms with van der Waals surface area (Å²) in [6.45, 7) is 0.872. The quantitative estimate of drug-likeness (QED) is 0.729. The number of piperidine rings is 1. The summed E-state index contributed by atoms with van der Waals surface area (Å²) in [6, 6.07) is 8.17. The minimum atomic E-state index is -0.137. The normalized spacial score (nSPS) is 32.9. The molecule has 1 aromatic carbocycles. The second-order valence-electron chi connectivity index (χ2n) is 5.26. The van der Waals surface area contributed by atoms with Crippen LogP contribution in [0.2, 0.25) is 0 Å². The Bertz CT molecular complexity index is 395. The van der Waals surface area contributed by atoms with Crippen molar-refractivity contribution in [3.63, 3.8) is 0 Å². The van der Waals surface area contributed by atoms with Crippen LogP contribution in [0.15, 0.2) is 24.3 Å². The van der Waals surface area contributed by atoms with Crippen LogP contribution in [-0.4, -0.2) is 22.4 Å². The number of hydrogen-bond donors (Lipinski definition) is 0. The van der Waals surface area contributed by atoms with Gasteiger partial charge in [-0.05, 0) is 43.4 Å². The standard InChI is InChI=1S/C14H17ClFN/c15-11-7-13-4-5-14(8-11)17(13)9-10-2-1-3-12(16)6-10/h1-3,6,11,13-14H,4-5,7-9H2. The molecule has 2 unspecified atom stereocenters. The van der Waals surface area contributed by atoms with Gasteiger partial charge < -0.3 is 0 Å². The second kappa shape index (κ2) is 4.58. The Balaban J connectivity index is 1.74.